The summed E-state index contributed by atoms with van der Waals surface area (Å²) in [4.78, 5) is 15.2. The highest BCUT2D eigenvalue weighted by atomic mass is 32.1. The van der Waals surface area contributed by atoms with E-state index in [4.69, 9.17) is 10.00 Å². The first-order valence-corrected chi connectivity index (χ1v) is 8.07. The van der Waals surface area contributed by atoms with Gasteiger partial charge in [0.05, 0.1) is 17.7 Å². The maximum absolute atomic E-state index is 11.9. The van der Waals surface area contributed by atoms with Gasteiger partial charge in [-0.2, -0.15) is 5.26 Å². The molecule has 1 amide bonds. The van der Waals surface area contributed by atoms with Crippen LogP contribution in [0.3, 0.4) is 0 Å². The molecule has 0 saturated heterocycles. The molecule has 1 N–H and O–H groups in total. The van der Waals surface area contributed by atoms with Crippen molar-refractivity contribution >= 4 is 17.2 Å². The van der Waals surface area contributed by atoms with Crippen molar-refractivity contribution in [2.24, 2.45) is 0 Å². The number of rotatable bonds is 7. The van der Waals surface area contributed by atoms with E-state index in [0.29, 0.717) is 17.9 Å². The molecule has 23 heavy (non-hydrogen) atoms. The average molecular weight is 329 g/mol. The number of nitrogens with zero attached hydrogens (tertiary/aromatic N) is 2. The Labute approximate surface area is 140 Å². The lowest BCUT2D eigenvalue weighted by Crippen LogP contribution is -2.36. The monoisotopic (exact) mass is 329 g/mol. The number of thiophene rings is 1. The minimum atomic E-state index is -0.169. The summed E-state index contributed by atoms with van der Waals surface area (Å²) in [7, 11) is 3.98. The molecule has 0 aliphatic carbocycles. The van der Waals surface area contributed by atoms with E-state index >= 15 is 0 Å². The number of hydrogen-bond donors (Lipinski definition) is 1. The maximum atomic E-state index is 11.9. The van der Waals surface area contributed by atoms with Gasteiger partial charge in [0.25, 0.3) is 5.91 Å². The lowest BCUT2D eigenvalue weighted by molar-refractivity contribution is -0.123. The van der Waals surface area contributed by atoms with Crippen LogP contribution >= 0.6 is 11.3 Å². The van der Waals surface area contributed by atoms with Crippen molar-refractivity contribution in [3.05, 3.63) is 52.2 Å². The normalized spacial score (nSPS) is 11.7. The molecule has 0 spiro atoms. The van der Waals surface area contributed by atoms with Gasteiger partial charge in [0.1, 0.15) is 5.75 Å². The van der Waals surface area contributed by atoms with E-state index < -0.39 is 0 Å². The van der Waals surface area contributed by atoms with Gasteiger partial charge in [0.2, 0.25) is 0 Å². The highest BCUT2D eigenvalue weighted by molar-refractivity contribution is 7.10. The van der Waals surface area contributed by atoms with Crippen LogP contribution in [0.2, 0.25) is 0 Å². The van der Waals surface area contributed by atoms with Crippen molar-refractivity contribution < 1.29 is 9.53 Å². The zero-order valence-corrected chi connectivity index (χ0v) is 14.0. The molecular formula is C17H19N3O2S. The lowest BCUT2D eigenvalue weighted by Gasteiger charge is -2.23. The number of carbonyl (C=O) groups is 1. The van der Waals surface area contributed by atoms with Crippen molar-refractivity contribution in [2.75, 3.05) is 27.2 Å². The fraction of sp³-hybridized carbons (Fsp3) is 0.294. The van der Waals surface area contributed by atoms with E-state index in [1.165, 1.54) is 4.88 Å². The van der Waals surface area contributed by atoms with Gasteiger partial charge < -0.3 is 15.0 Å². The Morgan fingerprint density at radius 3 is 2.65 bits per heavy atom. The number of likely N-dealkylation sites (N-methyl/N-ethyl adjacent to an activating group) is 1. The maximum Gasteiger partial charge on any atom is 0.258 e. The van der Waals surface area contributed by atoms with Gasteiger partial charge in [0, 0.05) is 11.4 Å². The summed E-state index contributed by atoms with van der Waals surface area (Å²) in [5, 5.41) is 13.7. The number of carbonyl (C=O) groups excluding carboxylic acids is 1. The first-order chi connectivity index (χ1) is 11.1. The highest BCUT2D eigenvalue weighted by Crippen LogP contribution is 2.22. The number of ether oxygens (including phenoxy) is 1. The molecule has 0 fully saturated rings. The molecule has 1 unspecified atom stereocenters. The van der Waals surface area contributed by atoms with Crippen LogP contribution < -0.4 is 10.1 Å². The van der Waals surface area contributed by atoms with Gasteiger partial charge in [-0.15, -0.1) is 11.3 Å². The first kappa shape index (κ1) is 17.0. The van der Waals surface area contributed by atoms with Crippen molar-refractivity contribution in [3.63, 3.8) is 0 Å². The minimum absolute atomic E-state index is 0.0451. The molecule has 5 nitrogen and oxygen atoms in total. The van der Waals surface area contributed by atoms with Crippen LogP contribution in [0.15, 0.2) is 41.8 Å². The van der Waals surface area contributed by atoms with Gasteiger partial charge in [-0.1, -0.05) is 6.07 Å². The van der Waals surface area contributed by atoms with E-state index in [0.717, 1.165) is 0 Å². The molecule has 0 saturated carbocycles. The molecule has 6 heteroatoms. The molecule has 2 rings (SSSR count). The summed E-state index contributed by atoms with van der Waals surface area (Å²) in [5.74, 6) is 0.402. The van der Waals surface area contributed by atoms with E-state index in [-0.39, 0.29) is 18.6 Å². The molecule has 1 aromatic heterocycles. The second-order valence-electron chi connectivity index (χ2n) is 5.22. The number of hydrogen-bond acceptors (Lipinski definition) is 5. The van der Waals surface area contributed by atoms with Crippen LogP contribution in [-0.4, -0.2) is 38.1 Å². The Morgan fingerprint density at radius 2 is 2.09 bits per heavy atom. The molecule has 0 bridgehead atoms. The highest BCUT2D eigenvalue weighted by Gasteiger charge is 2.16. The average Bonchev–Trinajstić information content (AvgIpc) is 3.07. The molecule has 1 heterocycles. The molecule has 0 aliphatic rings. The van der Waals surface area contributed by atoms with Crippen molar-refractivity contribution in [1.29, 1.82) is 5.26 Å². The van der Waals surface area contributed by atoms with Gasteiger partial charge in [-0.05, 0) is 49.8 Å². The SMILES string of the molecule is CN(C)C(CNC(=O)COc1ccc(C#N)cc1)c1cccs1. The zero-order chi connectivity index (χ0) is 16.7. The first-order valence-electron chi connectivity index (χ1n) is 7.19. The van der Waals surface area contributed by atoms with Crippen LogP contribution in [0.5, 0.6) is 5.75 Å². The predicted octanol–water partition coefficient (Wildman–Crippen LogP) is 2.42. The van der Waals surface area contributed by atoms with E-state index in [1.54, 1.807) is 35.6 Å². The van der Waals surface area contributed by atoms with Gasteiger partial charge in [-0.3, -0.25) is 4.79 Å². The Kier molecular flexibility index (Phi) is 6.15. The number of nitriles is 1. The summed E-state index contributed by atoms with van der Waals surface area (Å²) >= 11 is 1.67. The van der Waals surface area contributed by atoms with Crippen molar-refractivity contribution in [3.8, 4) is 11.8 Å². The lowest BCUT2D eigenvalue weighted by atomic mass is 10.2. The fourth-order valence-electron chi connectivity index (χ4n) is 2.05. The third-order valence-corrected chi connectivity index (χ3v) is 4.31. The molecule has 0 aliphatic heterocycles. The fourth-order valence-corrected chi connectivity index (χ4v) is 2.98. The van der Waals surface area contributed by atoms with Gasteiger partial charge >= 0.3 is 0 Å². The van der Waals surface area contributed by atoms with Gasteiger partial charge in [0.15, 0.2) is 6.61 Å². The summed E-state index contributed by atoms with van der Waals surface area (Å²) < 4.78 is 5.42. The largest absolute Gasteiger partial charge is 0.484 e. The minimum Gasteiger partial charge on any atom is -0.484 e. The quantitative estimate of drug-likeness (QED) is 0.847. The molecule has 1 aromatic carbocycles. The third kappa shape index (κ3) is 5.09. The van der Waals surface area contributed by atoms with Gasteiger partial charge in [-0.25, -0.2) is 0 Å². The number of benzene rings is 1. The molecule has 0 radical (unpaired) electrons. The Hall–Kier alpha value is -2.36. The van der Waals surface area contributed by atoms with E-state index in [9.17, 15) is 4.79 Å². The molecule has 120 valence electrons. The van der Waals surface area contributed by atoms with Crippen LogP contribution in [0.1, 0.15) is 16.5 Å². The van der Waals surface area contributed by atoms with Crippen LogP contribution in [0.4, 0.5) is 0 Å². The second-order valence-corrected chi connectivity index (χ2v) is 6.20. The summed E-state index contributed by atoms with van der Waals surface area (Å²) in [6.07, 6.45) is 0. The Balaban J connectivity index is 1.81. The third-order valence-electron chi connectivity index (χ3n) is 3.34. The Morgan fingerprint density at radius 1 is 1.35 bits per heavy atom. The molecule has 1 atom stereocenters. The molecule has 2 aromatic rings. The van der Waals surface area contributed by atoms with Crippen LogP contribution in [-0.2, 0) is 4.79 Å². The smallest absolute Gasteiger partial charge is 0.258 e. The van der Waals surface area contributed by atoms with Crippen LogP contribution in [0, 0.1) is 11.3 Å². The topological polar surface area (TPSA) is 65.4 Å². The Bertz CT molecular complexity index is 660. The van der Waals surface area contributed by atoms with Crippen molar-refractivity contribution in [2.45, 2.75) is 6.04 Å². The molecular weight excluding hydrogens is 310 g/mol. The van der Waals surface area contributed by atoms with E-state index in [1.807, 2.05) is 31.6 Å². The van der Waals surface area contributed by atoms with Crippen LogP contribution in [0.25, 0.3) is 0 Å². The summed E-state index contributed by atoms with van der Waals surface area (Å²) in [6.45, 7) is 0.486. The number of amides is 1. The number of nitrogens with one attached hydrogen (secondary N) is 1. The summed E-state index contributed by atoms with van der Waals surface area (Å²) in [6, 6.07) is 12.9. The second kappa shape index (κ2) is 8.32. The summed E-state index contributed by atoms with van der Waals surface area (Å²) in [5.41, 5.74) is 0.562. The van der Waals surface area contributed by atoms with Crippen molar-refractivity contribution in [1.82, 2.24) is 10.2 Å². The predicted molar refractivity (Wildman–Crippen MR) is 90.4 cm³/mol. The standard InChI is InChI=1S/C17H19N3O2S/c1-20(2)15(16-4-3-9-23-16)11-19-17(21)12-22-14-7-5-13(10-18)6-8-14/h3-9,15H,11-12H2,1-2H3,(H,19,21). The van der Waals surface area contributed by atoms with E-state index in [2.05, 4.69) is 16.3 Å². The zero-order valence-electron chi connectivity index (χ0n) is 13.2.